The number of nitrogens with one attached hydrogen (secondary N) is 1. The number of H-pyrrole nitrogens is 1. The van der Waals surface area contributed by atoms with Gasteiger partial charge in [-0.15, -0.1) is 0 Å². The maximum atomic E-state index is 11.2. The van der Waals surface area contributed by atoms with Gasteiger partial charge in [-0.25, -0.2) is 0 Å². The van der Waals surface area contributed by atoms with Crippen molar-refractivity contribution in [2.45, 2.75) is 6.61 Å². The number of aromatic nitrogens is 1. The van der Waals surface area contributed by atoms with E-state index in [1.54, 1.807) is 6.07 Å². The predicted molar refractivity (Wildman–Crippen MR) is 62.8 cm³/mol. The number of ether oxygens (including phenoxy) is 1. The van der Waals surface area contributed by atoms with Gasteiger partial charge in [0.25, 0.3) is 5.56 Å². The number of hydrogen-bond donors (Lipinski definition) is 1. The van der Waals surface area contributed by atoms with E-state index in [1.807, 2.05) is 30.3 Å². The summed E-state index contributed by atoms with van der Waals surface area (Å²) in [6, 6.07) is 11.3. The minimum atomic E-state index is -0.341. The molecule has 82 valence electrons. The van der Waals surface area contributed by atoms with Crippen LogP contribution in [0.4, 0.5) is 0 Å². The summed E-state index contributed by atoms with van der Waals surface area (Å²) in [7, 11) is 0. The van der Waals surface area contributed by atoms with Gasteiger partial charge in [-0.2, -0.15) is 0 Å². The molecule has 0 atom stereocenters. The highest BCUT2D eigenvalue weighted by Gasteiger charge is 2.04. The third kappa shape index (κ3) is 2.44. The molecule has 0 aliphatic rings. The van der Waals surface area contributed by atoms with Crippen molar-refractivity contribution in [3.8, 4) is 5.75 Å². The van der Waals surface area contributed by atoms with E-state index in [1.165, 1.54) is 6.20 Å². The minimum absolute atomic E-state index is 0.0819. The second-order valence-electron chi connectivity index (χ2n) is 3.26. The zero-order chi connectivity index (χ0) is 11.4. The molecule has 0 saturated heterocycles. The lowest BCUT2D eigenvalue weighted by Gasteiger charge is -2.06. The smallest absolute Gasteiger partial charge is 0.270 e. The third-order valence-corrected chi connectivity index (χ3v) is 2.46. The fourth-order valence-corrected chi connectivity index (χ4v) is 1.46. The Hall–Kier alpha value is -1.74. The summed E-state index contributed by atoms with van der Waals surface area (Å²) in [5.41, 5.74) is 0.686. The van der Waals surface area contributed by atoms with Crippen LogP contribution in [0.5, 0.6) is 5.75 Å². The number of aromatic amines is 1. The van der Waals surface area contributed by atoms with E-state index < -0.39 is 0 Å². The van der Waals surface area contributed by atoms with Crippen LogP contribution < -0.4 is 10.3 Å². The average molecular weight is 236 g/mol. The van der Waals surface area contributed by atoms with Crippen LogP contribution in [0.1, 0.15) is 5.56 Å². The Bertz CT molecular complexity index is 522. The summed E-state index contributed by atoms with van der Waals surface area (Å²) in [6.45, 7) is 0.393. The van der Waals surface area contributed by atoms with Gasteiger partial charge >= 0.3 is 0 Å². The van der Waals surface area contributed by atoms with Crippen LogP contribution in [-0.4, -0.2) is 4.98 Å². The van der Waals surface area contributed by atoms with E-state index >= 15 is 0 Å². The Morgan fingerprint density at radius 1 is 1.19 bits per heavy atom. The number of benzene rings is 1. The van der Waals surface area contributed by atoms with Crippen LogP contribution in [0.15, 0.2) is 47.4 Å². The lowest BCUT2D eigenvalue weighted by molar-refractivity contribution is 0.306. The van der Waals surface area contributed by atoms with Crippen molar-refractivity contribution in [2.24, 2.45) is 0 Å². The SMILES string of the molecule is O=c1[nH]ccc(OCc2ccccc2)c1Cl. The largest absolute Gasteiger partial charge is 0.487 e. The van der Waals surface area contributed by atoms with Crippen LogP contribution in [0, 0.1) is 0 Å². The average Bonchev–Trinajstić information content (AvgIpc) is 2.32. The first kappa shape index (κ1) is 10.8. The van der Waals surface area contributed by atoms with E-state index in [0.717, 1.165) is 5.56 Å². The summed E-state index contributed by atoms with van der Waals surface area (Å²) < 4.78 is 5.45. The molecule has 3 nitrogen and oxygen atoms in total. The summed E-state index contributed by atoms with van der Waals surface area (Å²) in [6.07, 6.45) is 1.51. The highest BCUT2D eigenvalue weighted by atomic mass is 35.5. The molecule has 0 unspecified atom stereocenters. The first-order valence-corrected chi connectivity index (χ1v) is 5.19. The van der Waals surface area contributed by atoms with Crippen molar-refractivity contribution >= 4 is 11.6 Å². The fourth-order valence-electron chi connectivity index (χ4n) is 1.29. The minimum Gasteiger partial charge on any atom is -0.487 e. The Labute approximate surface area is 97.7 Å². The quantitative estimate of drug-likeness (QED) is 0.889. The highest BCUT2D eigenvalue weighted by Crippen LogP contribution is 2.19. The van der Waals surface area contributed by atoms with E-state index in [4.69, 9.17) is 16.3 Å². The maximum absolute atomic E-state index is 11.2. The van der Waals surface area contributed by atoms with Gasteiger partial charge in [0.2, 0.25) is 0 Å². The molecule has 2 aromatic rings. The Balaban J connectivity index is 2.11. The van der Waals surface area contributed by atoms with E-state index in [-0.39, 0.29) is 10.6 Å². The predicted octanol–water partition coefficient (Wildman–Crippen LogP) is 2.61. The van der Waals surface area contributed by atoms with Crippen LogP contribution in [-0.2, 0) is 6.61 Å². The van der Waals surface area contributed by atoms with Gasteiger partial charge in [-0.3, -0.25) is 4.79 Å². The molecule has 1 N–H and O–H groups in total. The molecule has 0 aliphatic carbocycles. The molecule has 0 radical (unpaired) electrons. The topological polar surface area (TPSA) is 42.1 Å². The second-order valence-corrected chi connectivity index (χ2v) is 3.64. The molecule has 0 fully saturated rings. The molecule has 16 heavy (non-hydrogen) atoms. The van der Waals surface area contributed by atoms with Gasteiger partial charge in [0.15, 0.2) is 0 Å². The van der Waals surface area contributed by atoms with Crippen LogP contribution >= 0.6 is 11.6 Å². The summed E-state index contributed by atoms with van der Waals surface area (Å²) in [5.74, 6) is 0.397. The number of pyridine rings is 1. The maximum Gasteiger partial charge on any atom is 0.270 e. The normalized spacial score (nSPS) is 10.1. The number of rotatable bonds is 3. The Morgan fingerprint density at radius 2 is 1.94 bits per heavy atom. The molecule has 0 amide bonds. The standard InChI is InChI=1S/C12H10ClNO2/c13-11-10(6-7-14-12(11)15)16-8-9-4-2-1-3-5-9/h1-7H,8H2,(H,14,15). The molecule has 1 aromatic heterocycles. The first-order chi connectivity index (χ1) is 7.77. The molecule has 0 aliphatic heterocycles. The summed E-state index contributed by atoms with van der Waals surface area (Å²) in [5, 5.41) is 0.0819. The van der Waals surface area contributed by atoms with Crippen molar-refractivity contribution < 1.29 is 4.74 Å². The van der Waals surface area contributed by atoms with Crippen molar-refractivity contribution in [3.63, 3.8) is 0 Å². The van der Waals surface area contributed by atoms with E-state index in [9.17, 15) is 4.79 Å². The summed E-state index contributed by atoms with van der Waals surface area (Å²) in [4.78, 5) is 13.7. The molecule has 0 bridgehead atoms. The van der Waals surface area contributed by atoms with Gasteiger partial charge in [-0.1, -0.05) is 41.9 Å². The van der Waals surface area contributed by atoms with E-state index in [0.29, 0.717) is 12.4 Å². The van der Waals surface area contributed by atoms with Gasteiger partial charge in [0.1, 0.15) is 17.4 Å². The zero-order valence-electron chi connectivity index (χ0n) is 8.44. The van der Waals surface area contributed by atoms with Gasteiger partial charge in [-0.05, 0) is 11.6 Å². The second kappa shape index (κ2) is 4.86. The van der Waals surface area contributed by atoms with Crippen molar-refractivity contribution in [1.29, 1.82) is 0 Å². The van der Waals surface area contributed by atoms with E-state index in [2.05, 4.69) is 4.98 Å². The molecule has 0 spiro atoms. The Kier molecular flexibility index (Phi) is 3.27. The number of halogens is 1. The van der Waals surface area contributed by atoms with Crippen LogP contribution in [0.25, 0.3) is 0 Å². The zero-order valence-corrected chi connectivity index (χ0v) is 9.20. The highest BCUT2D eigenvalue weighted by molar-refractivity contribution is 6.31. The lowest BCUT2D eigenvalue weighted by Crippen LogP contribution is -2.07. The molecule has 2 rings (SSSR count). The van der Waals surface area contributed by atoms with Crippen molar-refractivity contribution in [3.05, 3.63) is 63.5 Å². The van der Waals surface area contributed by atoms with Gasteiger partial charge < -0.3 is 9.72 Å². The summed E-state index contributed by atoms with van der Waals surface area (Å²) >= 11 is 5.79. The lowest BCUT2D eigenvalue weighted by atomic mass is 10.2. The Morgan fingerprint density at radius 3 is 2.69 bits per heavy atom. The first-order valence-electron chi connectivity index (χ1n) is 4.81. The molecule has 4 heteroatoms. The van der Waals surface area contributed by atoms with Crippen molar-refractivity contribution in [1.82, 2.24) is 4.98 Å². The fraction of sp³-hybridized carbons (Fsp3) is 0.0833. The van der Waals surface area contributed by atoms with Crippen molar-refractivity contribution in [2.75, 3.05) is 0 Å². The van der Waals surface area contributed by atoms with Crippen LogP contribution in [0.3, 0.4) is 0 Å². The molecule has 1 aromatic carbocycles. The molecular weight excluding hydrogens is 226 g/mol. The van der Waals surface area contributed by atoms with Crippen LogP contribution in [0.2, 0.25) is 5.02 Å². The third-order valence-electron chi connectivity index (χ3n) is 2.10. The monoisotopic (exact) mass is 235 g/mol. The van der Waals surface area contributed by atoms with Gasteiger partial charge in [0, 0.05) is 6.20 Å². The number of hydrogen-bond acceptors (Lipinski definition) is 2. The molecular formula is C12H10ClNO2. The molecule has 0 saturated carbocycles. The van der Waals surface area contributed by atoms with Gasteiger partial charge in [0.05, 0.1) is 0 Å². The molecule has 1 heterocycles.